The highest BCUT2D eigenvalue weighted by atomic mass is 16.7. The Hall–Kier alpha value is -2.04. The summed E-state index contributed by atoms with van der Waals surface area (Å²) in [6, 6.07) is 9.20. The highest BCUT2D eigenvalue weighted by Crippen LogP contribution is 2.19. The summed E-state index contributed by atoms with van der Waals surface area (Å²) in [5.41, 5.74) is 0.496. The number of hydrogen-bond donors (Lipinski definition) is 0. The van der Waals surface area contributed by atoms with Crippen molar-refractivity contribution >= 4 is 12.1 Å². The van der Waals surface area contributed by atoms with Crippen LogP contribution in [0.1, 0.15) is 11.7 Å². The SMILES string of the molecule is COC(=O)OC(C(=O)OC)c1cc[c]cc1. The molecule has 16 heavy (non-hydrogen) atoms. The summed E-state index contributed by atoms with van der Waals surface area (Å²) in [7, 11) is 2.38. The maximum atomic E-state index is 11.4. The second kappa shape index (κ2) is 5.75. The number of methoxy groups -OCH3 is 2. The summed E-state index contributed by atoms with van der Waals surface area (Å²) >= 11 is 0. The van der Waals surface area contributed by atoms with Crippen molar-refractivity contribution in [3.8, 4) is 0 Å². The minimum atomic E-state index is -1.12. The maximum absolute atomic E-state index is 11.4. The number of ether oxygens (including phenoxy) is 3. The van der Waals surface area contributed by atoms with E-state index in [9.17, 15) is 9.59 Å². The van der Waals surface area contributed by atoms with Crippen LogP contribution < -0.4 is 0 Å². The van der Waals surface area contributed by atoms with E-state index in [1.807, 2.05) is 0 Å². The molecule has 5 nitrogen and oxygen atoms in total. The monoisotopic (exact) mass is 223 g/mol. The van der Waals surface area contributed by atoms with Crippen LogP contribution in [0.25, 0.3) is 0 Å². The van der Waals surface area contributed by atoms with Gasteiger partial charge in [-0.1, -0.05) is 24.3 Å². The van der Waals surface area contributed by atoms with Crippen LogP contribution in [0.15, 0.2) is 24.3 Å². The summed E-state index contributed by atoms with van der Waals surface area (Å²) in [5.74, 6) is -0.670. The highest BCUT2D eigenvalue weighted by molar-refractivity contribution is 5.78. The van der Waals surface area contributed by atoms with Gasteiger partial charge in [-0.3, -0.25) is 0 Å². The van der Waals surface area contributed by atoms with Gasteiger partial charge in [0, 0.05) is 5.56 Å². The van der Waals surface area contributed by atoms with E-state index in [2.05, 4.69) is 15.5 Å². The van der Waals surface area contributed by atoms with Gasteiger partial charge in [0.2, 0.25) is 6.10 Å². The molecule has 0 heterocycles. The Bertz CT molecular complexity index is 360. The molecule has 0 bridgehead atoms. The molecule has 0 aliphatic rings. The molecule has 0 N–H and O–H groups in total. The summed E-state index contributed by atoms with van der Waals surface area (Å²) in [6.45, 7) is 0. The third kappa shape index (κ3) is 2.98. The van der Waals surface area contributed by atoms with Crippen LogP contribution in [0.4, 0.5) is 4.79 Å². The Morgan fingerprint density at radius 3 is 2.31 bits per heavy atom. The number of rotatable bonds is 3. The second-order valence-corrected chi connectivity index (χ2v) is 2.81. The van der Waals surface area contributed by atoms with Gasteiger partial charge in [-0.05, 0) is 6.07 Å². The Kier molecular flexibility index (Phi) is 4.32. The van der Waals surface area contributed by atoms with Crippen molar-refractivity contribution in [3.05, 3.63) is 35.9 Å². The van der Waals surface area contributed by atoms with Gasteiger partial charge in [0.15, 0.2) is 0 Å². The van der Waals surface area contributed by atoms with Crippen LogP contribution in [0.3, 0.4) is 0 Å². The summed E-state index contributed by atoms with van der Waals surface area (Å²) in [5, 5.41) is 0. The molecule has 0 saturated heterocycles. The fourth-order valence-electron chi connectivity index (χ4n) is 1.08. The maximum Gasteiger partial charge on any atom is 0.509 e. The van der Waals surface area contributed by atoms with Crippen LogP contribution >= 0.6 is 0 Å². The molecule has 85 valence electrons. The van der Waals surface area contributed by atoms with Gasteiger partial charge in [0.05, 0.1) is 14.2 Å². The van der Waals surface area contributed by atoms with Crippen molar-refractivity contribution in [3.63, 3.8) is 0 Å². The molecule has 0 spiro atoms. The number of esters is 1. The van der Waals surface area contributed by atoms with E-state index in [1.165, 1.54) is 7.11 Å². The lowest BCUT2D eigenvalue weighted by atomic mass is 10.1. The first kappa shape index (κ1) is 12.0. The molecule has 0 aliphatic carbocycles. The first-order valence-corrected chi connectivity index (χ1v) is 4.47. The Morgan fingerprint density at radius 2 is 1.81 bits per heavy atom. The molecule has 1 aromatic carbocycles. The Morgan fingerprint density at radius 1 is 1.19 bits per heavy atom. The molecule has 0 saturated carbocycles. The summed E-state index contributed by atoms with van der Waals surface area (Å²) in [4.78, 5) is 22.4. The molecule has 1 aromatic rings. The van der Waals surface area contributed by atoms with E-state index in [1.54, 1.807) is 24.3 Å². The zero-order valence-electron chi connectivity index (χ0n) is 8.93. The molecular weight excluding hydrogens is 212 g/mol. The van der Waals surface area contributed by atoms with Gasteiger partial charge in [0.25, 0.3) is 0 Å². The standard InChI is InChI=1S/C11H11O5/c1-14-10(12)9(16-11(13)15-2)8-6-4-3-5-7-8/h4-7,9H,1-2H3. The van der Waals surface area contributed by atoms with Crippen LogP contribution in [-0.2, 0) is 19.0 Å². The fourth-order valence-corrected chi connectivity index (χ4v) is 1.08. The van der Waals surface area contributed by atoms with Crippen LogP contribution in [-0.4, -0.2) is 26.3 Å². The first-order chi connectivity index (χ1) is 7.69. The number of carbonyl (C=O) groups is 2. The highest BCUT2D eigenvalue weighted by Gasteiger charge is 2.25. The lowest BCUT2D eigenvalue weighted by molar-refractivity contribution is -0.152. The van der Waals surface area contributed by atoms with E-state index in [4.69, 9.17) is 4.74 Å². The molecule has 1 unspecified atom stereocenters. The average Bonchev–Trinajstić information content (AvgIpc) is 2.35. The van der Waals surface area contributed by atoms with E-state index >= 15 is 0 Å². The summed E-state index contributed by atoms with van der Waals surface area (Å²) < 4.78 is 13.6. The van der Waals surface area contributed by atoms with Gasteiger partial charge < -0.3 is 14.2 Å². The van der Waals surface area contributed by atoms with E-state index in [-0.39, 0.29) is 0 Å². The summed E-state index contributed by atoms with van der Waals surface area (Å²) in [6.07, 6.45) is -2.06. The van der Waals surface area contributed by atoms with Gasteiger partial charge >= 0.3 is 12.1 Å². The topological polar surface area (TPSA) is 61.8 Å². The number of hydrogen-bond acceptors (Lipinski definition) is 5. The molecular formula is C11H11O5. The third-order valence-electron chi connectivity index (χ3n) is 1.84. The quantitative estimate of drug-likeness (QED) is 0.726. The molecule has 5 heteroatoms. The largest absolute Gasteiger partial charge is 0.509 e. The van der Waals surface area contributed by atoms with Crippen LogP contribution in [0.2, 0.25) is 0 Å². The van der Waals surface area contributed by atoms with Gasteiger partial charge in [-0.2, -0.15) is 0 Å². The lowest BCUT2D eigenvalue weighted by Gasteiger charge is -2.14. The van der Waals surface area contributed by atoms with E-state index in [0.29, 0.717) is 5.56 Å². The second-order valence-electron chi connectivity index (χ2n) is 2.81. The zero-order valence-corrected chi connectivity index (χ0v) is 8.93. The predicted octanol–water partition coefficient (Wildman–Crippen LogP) is 1.48. The smallest absolute Gasteiger partial charge is 0.466 e. The van der Waals surface area contributed by atoms with Crippen LogP contribution in [0, 0.1) is 6.07 Å². The van der Waals surface area contributed by atoms with Crippen molar-refractivity contribution in [1.82, 2.24) is 0 Å². The predicted molar refractivity (Wildman–Crippen MR) is 53.5 cm³/mol. The number of carbonyl (C=O) groups excluding carboxylic acids is 2. The Labute approximate surface area is 92.9 Å². The number of benzene rings is 1. The molecule has 1 atom stereocenters. The molecule has 0 aromatic heterocycles. The van der Waals surface area contributed by atoms with Crippen molar-refractivity contribution in [1.29, 1.82) is 0 Å². The molecule has 1 radical (unpaired) electrons. The molecule has 1 rings (SSSR count). The third-order valence-corrected chi connectivity index (χ3v) is 1.84. The average molecular weight is 223 g/mol. The van der Waals surface area contributed by atoms with E-state index < -0.39 is 18.2 Å². The molecule has 0 amide bonds. The fraction of sp³-hybridized carbons (Fsp3) is 0.273. The van der Waals surface area contributed by atoms with E-state index in [0.717, 1.165) is 7.11 Å². The minimum absolute atomic E-state index is 0.496. The van der Waals surface area contributed by atoms with Crippen molar-refractivity contribution in [2.45, 2.75) is 6.10 Å². The molecule has 0 aliphatic heterocycles. The van der Waals surface area contributed by atoms with Gasteiger partial charge in [-0.25, -0.2) is 9.59 Å². The van der Waals surface area contributed by atoms with Crippen molar-refractivity contribution < 1.29 is 23.8 Å². The van der Waals surface area contributed by atoms with Crippen LogP contribution in [0.5, 0.6) is 0 Å². The zero-order chi connectivity index (χ0) is 12.0. The van der Waals surface area contributed by atoms with Gasteiger partial charge in [0.1, 0.15) is 0 Å². The normalized spacial score (nSPS) is 11.4. The Balaban J connectivity index is 2.88. The first-order valence-electron chi connectivity index (χ1n) is 4.47. The molecule has 0 fully saturated rings. The lowest BCUT2D eigenvalue weighted by Crippen LogP contribution is -2.21. The van der Waals surface area contributed by atoms with Crippen molar-refractivity contribution in [2.24, 2.45) is 0 Å². The minimum Gasteiger partial charge on any atom is -0.466 e. The van der Waals surface area contributed by atoms with Crippen molar-refractivity contribution in [2.75, 3.05) is 14.2 Å². The van der Waals surface area contributed by atoms with Gasteiger partial charge in [-0.15, -0.1) is 0 Å².